The number of hydrogen-bond donors (Lipinski definition) is 4. The topological polar surface area (TPSA) is 176 Å². The Hall–Kier alpha value is -3.65. The van der Waals surface area contributed by atoms with Gasteiger partial charge in [-0.05, 0) is 74.0 Å². The second-order valence-corrected chi connectivity index (χ2v) is 18.2. The van der Waals surface area contributed by atoms with Crippen LogP contribution in [-0.4, -0.2) is 106 Å². The van der Waals surface area contributed by atoms with Crippen molar-refractivity contribution in [1.29, 1.82) is 0 Å². The summed E-state index contributed by atoms with van der Waals surface area (Å²) in [5.74, 6) is -1.37. The van der Waals surface area contributed by atoms with Gasteiger partial charge in [-0.2, -0.15) is 0 Å². The first-order chi connectivity index (χ1) is 26.4. The molecule has 0 radical (unpaired) electrons. The van der Waals surface area contributed by atoms with E-state index in [1.165, 1.54) is 4.90 Å². The molecule has 3 heterocycles. The number of benzene rings is 1. The summed E-state index contributed by atoms with van der Waals surface area (Å²) >= 11 is 1.60. The molecule has 312 valence electrons. The van der Waals surface area contributed by atoms with Gasteiger partial charge in [-0.1, -0.05) is 67.0 Å². The number of carbonyl (C=O) groups is 5. The van der Waals surface area contributed by atoms with Gasteiger partial charge in [0.15, 0.2) is 0 Å². The zero-order chi connectivity index (χ0) is 41.3. The Labute approximate surface area is 337 Å². The van der Waals surface area contributed by atoms with Crippen LogP contribution in [0, 0.1) is 23.2 Å². The lowest BCUT2D eigenvalue weighted by molar-refractivity contribution is -0.164. The van der Waals surface area contributed by atoms with Crippen molar-refractivity contribution >= 4 is 46.4 Å². The molecule has 0 spiro atoms. The summed E-state index contributed by atoms with van der Waals surface area (Å²) in [7, 11) is 1.56. The van der Waals surface area contributed by atoms with Gasteiger partial charge in [0.25, 0.3) is 0 Å². The van der Waals surface area contributed by atoms with Crippen molar-refractivity contribution < 1.29 is 38.6 Å². The van der Waals surface area contributed by atoms with Gasteiger partial charge < -0.3 is 35.4 Å². The summed E-state index contributed by atoms with van der Waals surface area (Å²) in [5.41, 5.74) is 0.384. The minimum Gasteiger partial charge on any atom is -0.497 e. The van der Waals surface area contributed by atoms with Gasteiger partial charge in [0.05, 0.1) is 24.3 Å². The van der Waals surface area contributed by atoms with Crippen LogP contribution in [0.1, 0.15) is 106 Å². The van der Waals surface area contributed by atoms with Gasteiger partial charge in [-0.15, -0.1) is 11.8 Å². The molecule has 4 rings (SSSR count). The molecule has 4 amide bonds. The van der Waals surface area contributed by atoms with E-state index in [0.29, 0.717) is 56.6 Å². The molecule has 3 aliphatic rings. The lowest BCUT2D eigenvalue weighted by Gasteiger charge is -2.36. The standard InChI is InChI=1S/C42H65N5O8S/c1-10-25(3)36-40(52)47-19-11-12-32(47)41(53)55-34(42(6,7)8)21-24(2)20-33(48)26(4)39-44-29(23-56-39)15-18-35(49)45-31(38(51)43-27(5)37(50)46-36)22-28-13-16-30(54-9)17-14-28/h13-14,16-17,24-27,29,31-34,36,48H,10-12,15,18-23H2,1-9H3,(H,43,51)(H,45,49)(H,46,50)/t24-,25-,26-,27-,29-,31-,32-,33-,34-,36-/m0/s1. The number of amides is 4. The molecule has 0 saturated carbocycles. The Kier molecular flexibility index (Phi) is 16.2. The molecule has 10 atom stereocenters. The Morgan fingerprint density at radius 3 is 2.34 bits per heavy atom. The number of nitrogens with zero attached hydrogens (tertiary/aromatic N) is 2. The van der Waals surface area contributed by atoms with E-state index in [4.69, 9.17) is 14.5 Å². The molecule has 1 fully saturated rings. The number of esters is 1. The van der Waals surface area contributed by atoms with Crippen molar-refractivity contribution in [3.63, 3.8) is 0 Å². The molecule has 1 aromatic rings. The lowest BCUT2D eigenvalue weighted by Crippen LogP contribution is -2.59. The number of rotatable bonds is 5. The van der Waals surface area contributed by atoms with Crippen molar-refractivity contribution in [3.8, 4) is 5.75 Å². The van der Waals surface area contributed by atoms with Gasteiger partial charge in [-0.25, -0.2) is 4.79 Å². The van der Waals surface area contributed by atoms with E-state index in [0.717, 1.165) is 10.6 Å². The molecule has 0 aliphatic carbocycles. The summed E-state index contributed by atoms with van der Waals surface area (Å²) in [6.45, 7) is 15.8. The van der Waals surface area contributed by atoms with Crippen LogP contribution < -0.4 is 20.7 Å². The molecule has 3 aliphatic heterocycles. The number of carbonyl (C=O) groups excluding carboxylic acids is 5. The number of fused-ring (bicyclic) bond motifs is 2. The maximum atomic E-state index is 14.2. The maximum Gasteiger partial charge on any atom is 0.329 e. The predicted octanol–water partition coefficient (Wildman–Crippen LogP) is 4.43. The lowest BCUT2D eigenvalue weighted by atomic mass is 9.81. The first kappa shape index (κ1) is 45.1. The molecule has 13 nitrogen and oxygen atoms in total. The molecular formula is C42H65N5O8S. The highest BCUT2D eigenvalue weighted by Crippen LogP contribution is 2.34. The summed E-state index contributed by atoms with van der Waals surface area (Å²) in [4.78, 5) is 75.5. The van der Waals surface area contributed by atoms with Crippen LogP contribution in [0.3, 0.4) is 0 Å². The number of nitrogens with one attached hydrogen (secondary N) is 3. The van der Waals surface area contributed by atoms with Crippen molar-refractivity contribution in [2.45, 2.75) is 149 Å². The van der Waals surface area contributed by atoms with Gasteiger partial charge in [0, 0.05) is 31.1 Å². The first-order valence-electron chi connectivity index (χ1n) is 20.3. The summed E-state index contributed by atoms with van der Waals surface area (Å²) in [6, 6.07) is 3.31. The highest BCUT2D eigenvalue weighted by atomic mass is 32.2. The molecule has 14 heteroatoms. The van der Waals surface area contributed by atoms with E-state index in [2.05, 4.69) is 16.0 Å². The normalized spacial score (nSPS) is 31.5. The Balaban J connectivity index is 1.63. The van der Waals surface area contributed by atoms with Crippen molar-refractivity contribution in [2.75, 3.05) is 19.4 Å². The number of aliphatic hydroxyl groups excluding tert-OH is 1. The molecule has 56 heavy (non-hydrogen) atoms. The van der Waals surface area contributed by atoms with E-state index >= 15 is 0 Å². The third kappa shape index (κ3) is 12.2. The molecule has 1 saturated heterocycles. The third-order valence-corrected chi connectivity index (χ3v) is 12.8. The number of cyclic esters (lactones) is 1. The first-order valence-corrected chi connectivity index (χ1v) is 21.3. The smallest absolute Gasteiger partial charge is 0.329 e. The summed E-state index contributed by atoms with van der Waals surface area (Å²) in [5, 5.41) is 20.7. The number of hydrogen-bond acceptors (Lipinski definition) is 10. The number of aliphatic imine (C=N–C) groups is 1. The van der Waals surface area contributed by atoms with Gasteiger partial charge in [0.2, 0.25) is 23.6 Å². The van der Waals surface area contributed by atoms with E-state index in [1.807, 2.05) is 60.6 Å². The second kappa shape index (κ2) is 20.2. The average Bonchev–Trinajstić information content (AvgIpc) is 3.85. The van der Waals surface area contributed by atoms with Crippen LogP contribution in [0.5, 0.6) is 5.75 Å². The number of ether oxygens (including phenoxy) is 2. The number of methoxy groups -OCH3 is 1. The fraction of sp³-hybridized carbons (Fsp3) is 0.714. The van der Waals surface area contributed by atoms with E-state index in [9.17, 15) is 29.1 Å². The third-order valence-electron chi connectivity index (χ3n) is 11.5. The predicted molar refractivity (Wildman–Crippen MR) is 218 cm³/mol. The van der Waals surface area contributed by atoms with Crippen LogP contribution in [0.15, 0.2) is 29.3 Å². The van der Waals surface area contributed by atoms with Crippen LogP contribution in [0.2, 0.25) is 0 Å². The van der Waals surface area contributed by atoms with E-state index < -0.39 is 59.6 Å². The highest BCUT2D eigenvalue weighted by molar-refractivity contribution is 8.14. The second-order valence-electron chi connectivity index (χ2n) is 17.2. The van der Waals surface area contributed by atoms with Crippen LogP contribution in [-0.2, 0) is 35.1 Å². The van der Waals surface area contributed by atoms with E-state index in [-0.39, 0.29) is 48.5 Å². The van der Waals surface area contributed by atoms with Crippen LogP contribution >= 0.6 is 11.8 Å². The largest absolute Gasteiger partial charge is 0.497 e. The Morgan fingerprint density at radius 1 is 1.00 bits per heavy atom. The summed E-state index contributed by atoms with van der Waals surface area (Å²) in [6.07, 6.45) is 2.31. The van der Waals surface area contributed by atoms with Crippen molar-refractivity contribution in [3.05, 3.63) is 29.8 Å². The van der Waals surface area contributed by atoms with Crippen LogP contribution in [0.4, 0.5) is 0 Å². The fourth-order valence-corrected chi connectivity index (χ4v) is 8.69. The fourth-order valence-electron chi connectivity index (χ4n) is 7.44. The molecule has 2 bridgehead atoms. The van der Waals surface area contributed by atoms with Crippen molar-refractivity contribution in [1.82, 2.24) is 20.9 Å². The average molecular weight is 800 g/mol. The van der Waals surface area contributed by atoms with Gasteiger partial charge in [-0.3, -0.25) is 24.2 Å². The zero-order valence-electron chi connectivity index (χ0n) is 34.8. The SMILES string of the molecule is CC[C@H](C)[C@@H]1NC(=O)[C@H](C)NC(=O)[C@H](Cc2ccc(OC)cc2)NC(=O)CC[C@H]2CSC(=N2)[C@@H](C)[C@@H](O)C[C@H](C)C[C@@H](C(C)(C)C)OC(=O)[C@@H]2CCCN2C1=O. The molecule has 0 aromatic heterocycles. The molecular weight excluding hydrogens is 735 g/mol. The van der Waals surface area contributed by atoms with Crippen LogP contribution in [0.25, 0.3) is 0 Å². The molecule has 0 unspecified atom stereocenters. The van der Waals surface area contributed by atoms with Crippen molar-refractivity contribution in [2.24, 2.45) is 28.2 Å². The minimum atomic E-state index is -1.04. The zero-order valence-corrected chi connectivity index (χ0v) is 35.6. The monoisotopic (exact) mass is 799 g/mol. The van der Waals surface area contributed by atoms with Gasteiger partial charge >= 0.3 is 5.97 Å². The number of thioether (sulfide) groups is 1. The molecule has 4 N–H and O–H groups in total. The Bertz CT molecular complexity index is 1560. The molecule has 1 aromatic carbocycles. The van der Waals surface area contributed by atoms with Gasteiger partial charge in [0.1, 0.15) is 36.0 Å². The quantitative estimate of drug-likeness (QED) is 0.314. The highest BCUT2D eigenvalue weighted by Gasteiger charge is 2.42. The summed E-state index contributed by atoms with van der Waals surface area (Å²) < 4.78 is 11.5. The minimum absolute atomic E-state index is 0.0147. The Morgan fingerprint density at radius 2 is 1.70 bits per heavy atom. The maximum absolute atomic E-state index is 14.2. The number of aliphatic hydroxyl groups is 1. The van der Waals surface area contributed by atoms with E-state index in [1.54, 1.807) is 37.9 Å².